The predicted octanol–water partition coefficient (Wildman–Crippen LogP) is 0.953. The maximum absolute atomic E-state index is 11.9. The van der Waals surface area contributed by atoms with Crippen molar-refractivity contribution in [2.75, 3.05) is 11.1 Å². The molecular formula is C12H12N4O3. The highest BCUT2D eigenvalue weighted by Crippen LogP contribution is 2.19. The number of hydrogen-bond donors (Lipinski definition) is 3. The number of anilines is 2. The molecule has 0 spiro atoms. The molecule has 1 aromatic heterocycles. The number of aromatic carboxylic acids is 1. The number of nitrogens with one attached hydrogen (secondary N) is 1. The molecule has 0 aliphatic rings. The molecule has 1 aromatic carbocycles. The van der Waals surface area contributed by atoms with Crippen LogP contribution in [0.4, 0.5) is 11.4 Å². The minimum Gasteiger partial charge on any atom is -0.478 e. The molecule has 0 fully saturated rings. The maximum Gasteiger partial charge on any atom is 0.337 e. The minimum absolute atomic E-state index is 0.0581. The third-order valence-corrected chi connectivity index (χ3v) is 2.49. The molecule has 2 rings (SSSR count). The Bertz CT molecular complexity index is 648. The van der Waals surface area contributed by atoms with Gasteiger partial charge in [0, 0.05) is 18.9 Å². The second-order valence-electron chi connectivity index (χ2n) is 3.97. The van der Waals surface area contributed by atoms with Crippen molar-refractivity contribution in [1.82, 2.24) is 9.78 Å². The number of nitrogens with two attached hydrogens (primary N) is 1. The largest absolute Gasteiger partial charge is 0.478 e. The summed E-state index contributed by atoms with van der Waals surface area (Å²) in [7, 11) is 1.68. The third-order valence-electron chi connectivity index (χ3n) is 2.49. The first-order valence-corrected chi connectivity index (χ1v) is 5.40. The SMILES string of the molecule is Cn1cc(C(=O)Nc2ccc(N)cc2C(=O)O)cn1. The van der Waals surface area contributed by atoms with Gasteiger partial charge in [0.05, 0.1) is 23.0 Å². The Hall–Kier alpha value is -2.83. The Morgan fingerprint density at radius 2 is 2.16 bits per heavy atom. The molecule has 0 aliphatic carbocycles. The number of nitrogen functional groups attached to an aromatic ring is 1. The summed E-state index contributed by atoms with van der Waals surface area (Å²) in [6.45, 7) is 0. The first-order valence-electron chi connectivity index (χ1n) is 5.40. The van der Waals surface area contributed by atoms with E-state index in [0.29, 0.717) is 11.3 Å². The zero-order valence-corrected chi connectivity index (χ0v) is 10.1. The Morgan fingerprint density at radius 3 is 2.74 bits per heavy atom. The lowest BCUT2D eigenvalue weighted by Crippen LogP contribution is -2.14. The van der Waals surface area contributed by atoms with Gasteiger partial charge in [0.1, 0.15) is 0 Å². The molecule has 4 N–H and O–H groups in total. The zero-order valence-electron chi connectivity index (χ0n) is 10.1. The van der Waals surface area contributed by atoms with Gasteiger partial charge in [-0.2, -0.15) is 5.10 Å². The first kappa shape index (κ1) is 12.6. The molecule has 0 unspecified atom stereocenters. The average molecular weight is 260 g/mol. The van der Waals surface area contributed by atoms with Crippen molar-refractivity contribution >= 4 is 23.3 Å². The fraction of sp³-hybridized carbons (Fsp3) is 0.0833. The third kappa shape index (κ3) is 2.71. The van der Waals surface area contributed by atoms with Crippen LogP contribution in [0.5, 0.6) is 0 Å². The lowest BCUT2D eigenvalue weighted by atomic mass is 10.1. The van der Waals surface area contributed by atoms with Gasteiger partial charge in [0.2, 0.25) is 0 Å². The number of amides is 1. The van der Waals surface area contributed by atoms with E-state index < -0.39 is 11.9 Å². The lowest BCUT2D eigenvalue weighted by Gasteiger charge is -2.08. The summed E-state index contributed by atoms with van der Waals surface area (Å²) in [6.07, 6.45) is 2.93. The van der Waals surface area contributed by atoms with Crippen molar-refractivity contribution in [1.29, 1.82) is 0 Å². The van der Waals surface area contributed by atoms with E-state index in [9.17, 15) is 9.59 Å². The number of carbonyl (C=O) groups is 2. The Balaban J connectivity index is 2.28. The summed E-state index contributed by atoms with van der Waals surface area (Å²) in [5, 5.41) is 15.4. The van der Waals surface area contributed by atoms with Crippen molar-refractivity contribution < 1.29 is 14.7 Å². The van der Waals surface area contributed by atoms with Crippen molar-refractivity contribution in [3.63, 3.8) is 0 Å². The summed E-state index contributed by atoms with van der Waals surface area (Å²) in [4.78, 5) is 23.0. The molecule has 0 bridgehead atoms. The second-order valence-corrected chi connectivity index (χ2v) is 3.97. The van der Waals surface area contributed by atoms with Crippen molar-refractivity contribution in [3.8, 4) is 0 Å². The summed E-state index contributed by atoms with van der Waals surface area (Å²) >= 11 is 0. The minimum atomic E-state index is -1.16. The van der Waals surface area contributed by atoms with Crippen molar-refractivity contribution in [2.24, 2.45) is 7.05 Å². The number of rotatable bonds is 3. The van der Waals surface area contributed by atoms with Gasteiger partial charge < -0.3 is 16.2 Å². The molecule has 2 aromatic rings. The fourth-order valence-electron chi connectivity index (χ4n) is 1.58. The average Bonchev–Trinajstić information content (AvgIpc) is 2.78. The van der Waals surface area contributed by atoms with E-state index >= 15 is 0 Å². The molecule has 0 atom stereocenters. The summed E-state index contributed by atoms with van der Waals surface area (Å²) in [5.41, 5.74) is 6.31. The maximum atomic E-state index is 11.9. The van der Waals surface area contributed by atoms with Crippen LogP contribution in [0.1, 0.15) is 20.7 Å². The fourth-order valence-corrected chi connectivity index (χ4v) is 1.58. The van der Waals surface area contributed by atoms with E-state index in [1.165, 1.54) is 35.3 Å². The first-order chi connectivity index (χ1) is 8.97. The van der Waals surface area contributed by atoms with Gasteiger partial charge in [-0.25, -0.2) is 4.79 Å². The number of nitrogens with zero attached hydrogens (tertiary/aromatic N) is 2. The standard InChI is InChI=1S/C12H12N4O3/c1-16-6-7(5-14-16)11(17)15-10-3-2-8(13)4-9(10)12(18)19/h2-6H,13H2,1H3,(H,15,17)(H,18,19). The second kappa shape index (κ2) is 4.81. The topological polar surface area (TPSA) is 110 Å². The Labute approximate surface area is 108 Å². The smallest absolute Gasteiger partial charge is 0.337 e. The van der Waals surface area contributed by atoms with Crippen LogP contribution in [0, 0.1) is 0 Å². The molecular weight excluding hydrogens is 248 g/mol. The molecule has 7 nitrogen and oxygen atoms in total. The number of aromatic nitrogens is 2. The van der Waals surface area contributed by atoms with Gasteiger partial charge in [-0.3, -0.25) is 9.48 Å². The molecule has 19 heavy (non-hydrogen) atoms. The normalized spacial score (nSPS) is 10.2. The lowest BCUT2D eigenvalue weighted by molar-refractivity contribution is 0.0698. The van der Waals surface area contributed by atoms with Gasteiger partial charge in [-0.15, -0.1) is 0 Å². The molecule has 98 valence electrons. The van der Waals surface area contributed by atoms with Crippen LogP contribution in [0.15, 0.2) is 30.6 Å². The number of benzene rings is 1. The highest BCUT2D eigenvalue weighted by atomic mass is 16.4. The van der Waals surface area contributed by atoms with Crippen LogP contribution in [0.2, 0.25) is 0 Å². The van der Waals surface area contributed by atoms with Crippen molar-refractivity contribution in [3.05, 3.63) is 41.7 Å². The predicted molar refractivity (Wildman–Crippen MR) is 69.0 cm³/mol. The summed E-state index contributed by atoms with van der Waals surface area (Å²) < 4.78 is 1.48. The van der Waals surface area contributed by atoms with Crippen LogP contribution in [-0.2, 0) is 7.05 Å². The molecule has 0 saturated carbocycles. The van der Waals surface area contributed by atoms with Crippen molar-refractivity contribution in [2.45, 2.75) is 0 Å². The van der Waals surface area contributed by atoms with Crippen LogP contribution < -0.4 is 11.1 Å². The van der Waals surface area contributed by atoms with E-state index in [1.807, 2.05) is 0 Å². The number of hydrogen-bond acceptors (Lipinski definition) is 4. The number of carboxylic acids is 1. The van der Waals surface area contributed by atoms with E-state index in [0.717, 1.165) is 0 Å². The van der Waals surface area contributed by atoms with Crippen LogP contribution in [-0.4, -0.2) is 26.8 Å². The number of aryl methyl sites for hydroxylation is 1. The van der Waals surface area contributed by atoms with E-state index in [2.05, 4.69) is 10.4 Å². The summed E-state index contributed by atoms with van der Waals surface area (Å²) in [5.74, 6) is -1.59. The zero-order chi connectivity index (χ0) is 14.0. The number of carbonyl (C=O) groups excluding carboxylic acids is 1. The van der Waals surface area contributed by atoms with Crippen LogP contribution >= 0.6 is 0 Å². The van der Waals surface area contributed by atoms with Crippen LogP contribution in [0.3, 0.4) is 0 Å². The summed E-state index contributed by atoms with van der Waals surface area (Å²) in [6, 6.07) is 4.26. The number of carboxylic acid groups (broad SMARTS) is 1. The van der Waals surface area contributed by atoms with Gasteiger partial charge in [0.15, 0.2) is 0 Å². The Morgan fingerprint density at radius 1 is 1.42 bits per heavy atom. The quantitative estimate of drug-likeness (QED) is 0.712. The highest BCUT2D eigenvalue weighted by Gasteiger charge is 2.14. The molecule has 1 heterocycles. The van der Waals surface area contributed by atoms with Gasteiger partial charge >= 0.3 is 5.97 Å². The molecule has 1 amide bonds. The monoisotopic (exact) mass is 260 g/mol. The van der Waals surface area contributed by atoms with E-state index in [1.54, 1.807) is 7.05 Å². The van der Waals surface area contributed by atoms with Gasteiger partial charge in [-0.1, -0.05) is 0 Å². The molecule has 0 aliphatic heterocycles. The van der Waals surface area contributed by atoms with E-state index in [4.69, 9.17) is 10.8 Å². The highest BCUT2D eigenvalue weighted by molar-refractivity contribution is 6.07. The molecule has 7 heteroatoms. The Kier molecular flexibility index (Phi) is 3.19. The molecule has 0 radical (unpaired) electrons. The molecule has 0 saturated heterocycles. The van der Waals surface area contributed by atoms with Crippen LogP contribution in [0.25, 0.3) is 0 Å². The van der Waals surface area contributed by atoms with Gasteiger partial charge in [0.25, 0.3) is 5.91 Å². The van der Waals surface area contributed by atoms with E-state index in [-0.39, 0.29) is 11.3 Å². The van der Waals surface area contributed by atoms with Gasteiger partial charge in [-0.05, 0) is 18.2 Å².